The molecule has 3 rings (SSSR count). The highest BCUT2D eigenvalue weighted by atomic mass is 15.4. The standard InChI is InChI=1S/C14H15N5/c1-2-3-9-13-17-18-14-16-12(10-15-19(13)14)11-7-5-4-6-8-11/h4-8,10H,2-3,9H2,1H3. The van der Waals surface area contributed by atoms with Crippen molar-refractivity contribution in [1.82, 2.24) is 24.8 Å². The predicted molar refractivity (Wildman–Crippen MR) is 72.6 cm³/mol. The maximum absolute atomic E-state index is 4.50. The van der Waals surface area contributed by atoms with Crippen molar-refractivity contribution in [2.75, 3.05) is 0 Å². The van der Waals surface area contributed by atoms with Crippen LogP contribution in [0, 0.1) is 0 Å². The van der Waals surface area contributed by atoms with E-state index in [-0.39, 0.29) is 0 Å². The third-order valence-corrected chi connectivity index (χ3v) is 3.03. The molecule has 0 saturated carbocycles. The van der Waals surface area contributed by atoms with Crippen LogP contribution in [0.4, 0.5) is 0 Å². The average Bonchev–Trinajstić information content (AvgIpc) is 2.88. The van der Waals surface area contributed by atoms with E-state index in [1.165, 1.54) is 0 Å². The van der Waals surface area contributed by atoms with Crippen LogP contribution in [0.15, 0.2) is 36.5 Å². The van der Waals surface area contributed by atoms with Gasteiger partial charge in [-0.25, -0.2) is 4.98 Å². The first-order chi connectivity index (χ1) is 9.38. The van der Waals surface area contributed by atoms with Crippen LogP contribution in [0.3, 0.4) is 0 Å². The smallest absolute Gasteiger partial charge is 0.208 e. The maximum Gasteiger partial charge on any atom is 0.272 e. The molecule has 19 heavy (non-hydrogen) atoms. The lowest BCUT2D eigenvalue weighted by Gasteiger charge is -2.01. The summed E-state index contributed by atoms with van der Waals surface area (Å²) in [5, 5.41) is 12.7. The largest absolute Gasteiger partial charge is 0.272 e. The Kier molecular flexibility index (Phi) is 3.18. The van der Waals surface area contributed by atoms with Crippen LogP contribution in [-0.2, 0) is 6.42 Å². The fraction of sp³-hybridized carbons (Fsp3) is 0.286. The molecule has 1 aromatic carbocycles. The highest BCUT2D eigenvalue weighted by Gasteiger charge is 2.08. The summed E-state index contributed by atoms with van der Waals surface area (Å²) in [6.07, 6.45) is 4.87. The van der Waals surface area contributed by atoms with Gasteiger partial charge in [-0.15, -0.1) is 10.2 Å². The molecule has 0 bridgehead atoms. The number of benzene rings is 1. The van der Waals surface area contributed by atoms with Gasteiger partial charge in [-0.3, -0.25) is 0 Å². The molecular weight excluding hydrogens is 238 g/mol. The van der Waals surface area contributed by atoms with Gasteiger partial charge in [-0.2, -0.15) is 9.61 Å². The first-order valence-corrected chi connectivity index (χ1v) is 6.51. The molecule has 0 N–H and O–H groups in total. The number of nitrogens with zero attached hydrogens (tertiary/aromatic N) is 5. The first kappa shape index (κ1) is 11.8. The molecule has 5 nitrogen and oxygen atoms in total. The second kappa shape index (κ2) is 5.14. The summed E-state index contributed by atoms with van der Waals surface area (Å²) in [6, 6.07) is 9.97. The number of fused-ring (bicyclic) bond motifs is 1. The van der Waals surface area contributed by atoms with Crippen LogP contribution >= 0.6 is 0 Å². The van der Waals surface area contributed by atoms with E-state index in [2.05, 4.69) is 27.2 Å². The lowest BCUT2D eigenvalue weighted by atomic mass is 10.2. The van der Waals surface area contributed by atoms with Gasteiger partial charge < -0.3 is 0 Å². The second-order valence-electron chi connectivity index (χ2n) is 4.44. The lowest BCUT2D eigenvalue weighted by Crippen LogP contribution is -2.01. The molecule has 0 fully saturated rings. The number of hydrogen-bond acceptors (Lipinski definition) is 4. The Morgan fingerprint density at radius 3 is 2.74 bits per heavy atom. The summed E-state index contributed by atoms with van der Waals surface area (Å²) in [7, 11) is 0. The number of hydrogen-bond donors (Lipinski definition) is 0. The number of aromatic nitrogens is 5. The van der Waals surface area contributed by atoms with E-state index in [0.29, 0.717) is 5.78 Å². The van der Waals surface area contributed by atoms with E-state index in [9.17, 15) is 0 Å². The zero-order chi connectivity index (χ0) is 13.1. The van der Waals surface area contributed by atoms with Crippen molar-refractivity contribution >= 4 is 5.78 Å². The topological polar surface area (TPSA) is 56.0 Å². The molecule has 0 aliphatic carbocycles. The van der Waals surface area contributed by atoms with E-state index >= 15 is 0 Å². The summed E-state index contributed by atoms with van der Waals surface area (Å²) in [4.78, 5) is 4.50. The molecule has 0 radical (unpaired) electrons. The van der Waals surface area contributed by atoms with Crippen LogP contribution in [0.2, 0.25) is 0 Å². The Morgan fingerprint density at radius 2 is 1.95 bits per heavy atom. The van der Waals surface area contributed by atoms with Gasteiger partial charge >= 0.3 is 0 Å². The van der Waals surface area contributed by atoms with Gasteiger partial charge in [-0.1, -0.05) is 43.7 Å². The van der Waals surface area contributed by atoms with E-state index in [1.807, 2.05) is 30.3 Å². The van der Waals surface area contributed by atoms with Crippen LogP contribution in [0.5, 0.6) is 0 Å². The van der Waals surface area contributed by atoms with Gasteiger partial charge in [0.1, 0.15) is 0 Å². The molecule has 0 spiro atoms. The van der Waals surface area contributed by atoms with Crippen molar-refractivity contribution in [2.24, 2.45) is 0 Å². The van der Waals surface area contributed by atoms with Gasteiger partial charge in [0.25, 0.3) is 5.78 Å². The zero-order valence-corrected chi connectivity index (χ0v) is 10.8. The fourth-order valence-corrected chi connectivity index (χ4v) is 1.98. The highest BCUT2D eigenvalue weighted by molar-refractivity contribution is 5.59. The Bertz CT molecular complexity index is 675. The molecule has 2 aromatic heterocycles. The van der Waals surface area contributed by atoms with Crippen molar-refractivity contribution in [3.8, 4) is 11.3 Å². The van der Waals surface area contributed by atoms with Crippen LogP contribution in [0.1, 0.15) is 25.6 Å². The molecule has 2 heterocycles. The molecular formula is C14H15N5. The van der Waals surface area contributed by atoms with Crippen molar-refractivity contribution in [1.29, 1.82) is 0 Å². The summed E-state index contributed by atoms with van der Waals surface area (Å²) in [6.45, 7) is 2.16. The molecule has 5 heteroatoms. The molecule has 3 aromatic rings. The summed E-state index contributed by atoms with van der Waals surface area (Å²) >= 11 is 0. The summed E-state index contributed by atoms with van der Waals surface area (Å²) in [5.41, 5.74) is 1.86. The maximum atomic E-state index is 4.50. The molecule has 96 valence electrons. The second-order valence-corrected chi connectivity index (χ2v) is 4.44. The fourth-order valence-electron chi connectivity index (χ4n) is 1.98. The molecule has 0 saturated heterocycles. The van der Waals surface area contributed by atoms with Crippen LogP contribution in [0.25, 0.3) is 17.0 Å². The first-order valence-electron chi connectivity index (χ1n) is 6.51. The molecule has 0 unspecified atom stereocenters. The van der Waals surface area contributed by atoms with E-state index in [0.717, 1.165) is 36.3 Å². The van der Waals surface area contributed by atoms with E-state index < -0.39 is 0 Å². The normalized spacial score (nSPS) is 11.0. The quantitative estimate of drug-likeness (QED) is 0.717. The minimum absolute atomic E-state index is 0.562. The highest BCUT2D eigenvalue weighted by Crippen LogP contribution is 2.15. The van der Waals surface area contributed by atoms with Gasteiger partial charge in [0, 0.05) is 12.0 Å². The Balaban J connectivity index is 1.99. The molecule has 0 aliphatic heterocycles. The average molecular weight is 253 g/mol. The minimum Gasteiger partial charge on any atom is -0.208 e. The van der Waals surface area contributed by atoms with Crippen molar-refractivity contribution in [2.45, 2.75) is 26.2 Å². The number of rotatable bonds is 4. The molecule has 0 amide bonds. The monoisotopic (exact) mass is 253 g/mol. The Hall–Kier alpha value is -2.30. The number of aryl methyl sites for hydroxylation is 1. The SMILES string of the molecule is CCCCc1nnc2nc(-c3ccccc3)cnn12. The summed E-state index contributed by atoms with van der Waals surface area (Å²) < 4.78 is 1.72. The Labute approximate surface area is 111 Å². The van der Waals surface area contributed by atoms with Gasteiger partial charge in [0.15, 0.2) is 5.82 Å². The Morgan fingerprint density at radius 1 is 1.11 bits per heavy atom. The van der Waals surface area contributed by atoms with Crippen LogP contribution in [-0.4, -0.2) is 24.8 Å². The third kappa shape index (κ3) is 2.31. The zero-order valence-electron chi connectivity index (χ0n) is 10.8. The van der Waals surface area contributed by atoms with E-state index in [1.54, 1.807) is 10.7 Å². The van der Waals surface area contributed by atoms with Crippen molar-refractivity contribution in [3.05, 3.63) is 42.4 Å². The lowest BCUT2D eigenvalue weighted by molar-refractivity contribution is 0.717. The molecule has 0 atom stereocenters. The van der Waals surface area contributed by atoms with Gasteiger partial charge in [-0.05, 0) is 6.42 Å². The van der Waals surface area contributed by atoms with Crippen molar-refractivity contribution < 1.29 is 0 Å². The van der Waals surface area contributed by atoms with Crippen molar-refractivity contribution in [3.63, 3.8) is 0 Å². The predicted octanol–water partition coefficient (Wildman–Crippen LogP) is 2.53. The third-order valence-electron chi connectivity index (χ3n) is 3.03. The summed E-state index contributed by atoms with van der Waals surface area (Å²) in [5.74, 6) is 1.44. The van der Waals surface area contributed by atoms with E-state index in [4.69, 9.17) is 0 Å². The van der Waals surface area contributed by atoms with Crippen LogP contribution < -0.4 is 0 Å². The minimum atomic E-state index is 0.562. The number of unbranched alkanes of at least 4 members (excludes halogenated alkanes) is 1. The van der Waals surface area contributed by atoms with Gasteiger partial charge in [0.2, 0.25) is 0 Å². The van der Waals surface area contributed by atoms with Gasteiger partial charge in [0.05, 0.1) is 11.9 Å². The molecule has 0 aliphatic rings.